The molecule has 126 valence electrons. The van der Waals surface area contributed by atoms with Gasteiger partial charge < -0.3 is 5.11 Å². The van der Waals surface area contributed by atoms with Gasteiger partial charge in [-0.05, 0) is 30.7 Å². The number of aromatic hydroxyl groups is 1. The van der Waals surface area contributed by atoms with Gasteiger partial charge in [-0.15, -0.1) is 0 Å². The molecule has 3 aromatic rings. The van der Waals surface area contributed by atoms with Crippen LogP contribution >= 0.6 is 18.6 Å². The van der Waals surface area contributed by atoms with E-state index in [2.05, 4.69) is 4.99 Å². The minimum absolute atomic E-state index is 0.254. The number of benzene rings is 3. The molecule has 0 bridgehead atoms. The summed E-state index contributed by atoms with van der Waals surface area (Å²) in [6.07, 6.45) is 1.70. The first-order valence-electron chi connectivity index (χ1n) is 7.60. The molecule has 0 spiro atoms. The van der Waals surface area contributed by atoms with Gasteiger partial charge in [0.15, 0.2) is 0 Å². The van der Waals surface area contributed by atoms with E-state index in [1.54, 1.807) is 6.21 Å². The number of aryl methyl sites for hydroxylation is 1. The van der Waals surface area contributed by atoms with Gasteiger partial charge in [-0.2, -0.15) is 0 Å². The minimum atomic E-state index is -0.556. The number of aliphatic imine (C=N–C) groups is 1. The zero-order valence-corrected chi connectivity index (χ0v) is 16.7. The van der Waals surface area contributed by atoms with Crippen LogP contribution in [0.5, 0.6) is 5.75 Å². The van der Waals surface area contributed by atoms with Gasteiger partial charge in [0.1, 0.15) is 5.75 Å². The Labute approximate surface area is 164 Å². The van der Waals surface area contributed by atoms with Crippen LogP contribution in [0.1, 0.15) is 11.1 Å². The van der Waals surface area contributed by atoms with Crippen molar-refractivity contribution in [3.63, 3.8) is 0 Å². The summed E-state index contributed by atoms with van der Waals surface area (Å²) < 4.78 is 0. The third kappa shape index (κ3) is 6.02. The molecular weight excluding hydrogens is 389 g/mol. The van der Waals surface area contributed by atoms with E-state index in [9.17, 15) is 5.11 Å². The molecule has 1 N–H and O–H groups in total. The number of halogens is 2. The Morgan fingerprint density at radius 2 is 1.52 bits per heavy atom. The van der Waals surface area contributed by atoms with Crippen molar-refractivity contribution in [2.24, 2.45) is 4.99 Å². The van der Waals surface area contributed by atoms with Gasteiger partial charge in [0.2, 0.25) is 0 Å². The predicted octanol–water partition coefficient (Wildman–Crippen LogP) is 6.49. The van der Waals surface area contributed by atoms with Crippen molar-refractivity contribution in [1.82, 2.24) is 0 Å². The molecule has 0 saturated carbocycles. The molecular formula is C20H17Cl2NOTi. The van der Waals surface area contributed by atoms with Crippen molar-refractivity contribution in [1.29, 1.82) is 0 Å². The summed E-state index contributed by atoms with van der Waals surface area (Å²) in [5.41, 5.74) is 4.59. The normalized spacial score (nSPS) is 10.2. The van der Waals surface area contributed by atoms with Crippen LogP contribution in [0.25, 0.3) is 11.1 Å². The Morgan fingerprint density at radius 1 is 0.880 bits per heavy atom. The summed E-state index contributed by atoms with van der Waals surface area (Å²) >= 11 is -0.556. The third-order valence-electron chi connectivity index (χ3n) is 3.54. The standard InChI is InChI=1S/C20H17NO.2ClH.Ti/c1-15-10-12-18(13-11-15)21-14-17-8-5-9-19(20(17)22)16-6-3-2-4-7-16;;;/h2-14,22H,1H3;2*1H;/q;;;+2/p-2. The number of phenolic OH excluding ortho intramolecular Hbond substituents is 1. The monoisotopic (exact) mass is 405 g/mol. The van der Waals surface area contributed by atoms with Crippen LogP contribution in [-0.4, -0.2) is 11.3 Å². The van der Waals surface area contributed by atoms with Crippen LogP contribution in [0.4, 0.5) is 5.69 Å². The molecule has 0 fully saturated rings. The second-order valence-corrected chi connectivity index (χ2v) is 7.85. The molecule has 0 aliphatic carbocycles. The summed E-state index contributed by atoms with van der Waals surface area (Å²) in [6, 6.07) is 23.5. The van der Waals surface area contributed by atoms with Crippen LogP contribution in [0.2, 0.25) is 0 Å². The quantitative estimate of drug-likeness (QED) is 0.391. The summed E-state index contributed by atoms with van der Waals surface area (Å²) in [6.45, 7) is 2.04. The van der Waals surface area contributed by atoms with E-state index >= 15 is 0 Å². The van der Waals surface area contributed by atoms with Crippen molar-refractivity contribution in [3.05, 3.63) is 83.9 Å². The molecule has 3 rings (SSSR count). The molecule has 0 saturated heterocycles. The van der Waals surface area contributed by atoms with Crippen molar-refractivity contribution in [3.8, 4) is 16.9 Å². The van der Waals surface area contributed by atoms with Gasteiger partial charge >= 0.3 is 35.6 Å². The first kappa shape index (κ1) is 19.7. The SMILES string of the molecule is Cc1ccc(N=Cc2cccc(-c3ccccc3)c2O)cc1.[Cl][Ti][Cl]. The Morgan fingerprint density at radius 3 is 2.16 bits per heavy atom. The van der Waals surface area contributed by atoms with Crippen molar-refractivity contribution in [2.45, 2.75) is 6.92 Å². The predicted molar refractivity (Wildman–Crippen MR) is 104 cm³/mol. The molecule has 0 unspecified atom stereocenters. The van der Waals surface area contributed by atoms with Gasteiger partial charge in [0.05, 0.1) is 5.69 Å². The Bertz CT molecular complexity index is 821. The maximum atomic E-state index is 10.5. The molecule has 0 atom stereocenters. The first-order valence-corrected chi connectivity index (χ1v) is 11.9. The van der Waals surface area contributed by atoms with Crippen molar-refractivity contribution in [2.75, 3.05) is 0 Å². The second kappa shape index (κ2) is 10.4. The molecule has 3 aromatic carbocycles. The third-order valence-corrected chi connectivity index (χ3v) is 3.54. The van der Waals surface area contributed by atoms with Gasteiger partial charge in [-0.1, -0.05) is 60.2 Å². The zero-order valence-electron chi connectivity index (χ0n) is 13.7. The van der Waals surface area contributed by atoms with Gasteiger partial charge in [-0.3, -0.25) is 4.99 Å². The first-order chi connectivity index (χ1) is 12.2. The van der Waals surface area contributed by atoms with Gasteiger partial charge in [-0.25, -0.2) is 0 Å². The molecule has 0 aliphatic rings. The second-order valence-electron chi connectivity index (χ2n) is 5.27. The molecule has 5 heteroatoms. The van der Waals surface area contributed by atoms with Gasteiger partial charge in [0.25, 0.3) is 0 Å². The zero-order chi connectivity index (χ0) is 18.1. The summed E-state index contributed by atoms with van der Waals surface area (Å²) in [4.78, 5) is 4.43. The summed E-state index contributed by atoms with van der Waals surface area (Å²) in [5.74, 6) is 0.254. The molecule has 0 amide bonds. The summed E-state index contributed by atoms with van der Waals surface area (Å²) in [5, 5.41) is 10.5. The molecule has 25 heavy (non-hydrogen) atoms. The Kier molecular flexibility index (Phi) is 8.23. The molecule has 0 heterocycles. The van der Waals surface area contributed by atoms with E-state index < -0.39 is 17.0 Å². The van der Waals surface area contributed by atoms with Crippen LogP contribution in [0, 0.1) is 6.92 Å². The fourth-order valence-electron chi connectivity index (χ4n) is 2.29. The average molecular weight is 406 g/mol. The average Bonchev–Trinajstić information content (AvgIpc) is 2.64. The number of para-hydroxylation sites is 1. The Balaban J connectivity index is 0.000000701. The van der Waals surface area contributed by atoms with Crippen LogP contribution in [0.3, 0.4) is 0 Å². The molecule has 0 aromatic heterocycles. The topological polar surface area (TPSA) is 32.6 Å². The van der Waals surface area contributed by atoms with E-state index in [0.29, 0.717) is 5.56 Å². The van der Waals surface area contributed by atoms with E-state index in [1.165, 1.54) is 5.56 Å². The van der Waals surface area contributed by atoms with Crippen LogP contribution in [0.15, 0.2) is 77.8 Å². The number of nitrogens with zero attached hydrogens (tertiary/aromatic N) is 1. The van der Waals surface area contributed by atoms with Crippen LogP contribution in [-0.2, 0) is 17.0 Å². The molecule has 0 aliphatic heterocycles. The van der Waals surface area contributed by atoms with Crippen LogP contribution < -0.4 is 0 Å². The summed E-state index contributed by atoms with van der Waals surface area (Å²) in [7, 11) is 9.78. The van der Waals surface area contributed by atoms with E-state index in [-0.39, 0.29) is 5.75 Å². The number of hydrogen-bond donors (Lipinski definition) is 1. The number of rotatable bonds is 3. The van der Waals surface area contributed by atoms with Crippen molar-refractivity contribution >= 4 is 30.5 Å². The van der Waals surface area contributed by atoms with Gasteiger partial charge in [0, 0.05) is 17.3 Å². The van der Waals surface area contributed by atoms with E-state index in [4.69, 9.17) is 18.6 Å². The van der Waals surface area contributed by atoms with E-state index in [0.717, 1.165) is 16.8 Å². The maximum absolute atomic E-state index is 10.5. The fraction of sp³-hybridized carbons (Fsp3) is 0.0500. The molecule has 0 radical (unpaired) electrons. The number of phenols is 1. The Hall–Kier alpha value is -1.58. The fourth-order valence-corrected chi connectivity index (χ4v) is 2.29. The molecule has 2 nitrogen and oxygen atoms in total. The van der Waals surface area contributed by atoms with Crippen molar-refractivity contribution < 1.29 is 22.1 Å². The number of hydrogen-bond acceptors (Lipinski definition) is 2. The van der Waals surface area contributed by atoms with E-state index in [1.807, 2.05) is 79.7 Å².